The summed E-state index contributed by atoms with van der Waals surface area (Å²) in [6.07, 6.45) is 3.10. The van der Waals surface area contributed by atoms with E-state index in [2.05, 4.69) is 20.6 Å². The number of benzene rings is 1. The highest BCUT2D eigenvalue weighted by Crippen LogP contribution is 2.36. The Labute approximate surface area is 168 Å². The van der Waals surface area contributed by atoms with Crippen LogP contribution in [0, 0.1) is 0 Å². The quantitative estimate of drug-likeness (QED) is 0.705. The van der Waals surface area contributed by atoms with Gasteiger partial charge in [0, 0.05) is 31.4 Å². The van der Waals surface area contributed by atoms with Gasteiger partial charge in [-0.3, -0.25) is 4.68 Å². The van der Waals surface area contributed by atoms with Crippen LogP contribution in [-0.2, 0) is 11.8 Å². The Morgan fingerprint density at radius 2 is 2.10 bits per heavy atom. The van der Waals surface area contributed by atoms with Gasteiger partial charge in [-0.2, -0.15) is 5.10 Å². The summed E-state index contributed by atoms with van der Waals surface area (Å²) in [4.78, 5) is 23.7. The van der Waals surface area contributed by atoms with Crippen molar-refractivity contribution in [1.82, 2.24) is 25.1 Å². The summed E-state index contributed by atoms with van der Waals surface area (Å²) in [5.41, 5.74) is 3.37. The van der Waals surface area contributed by atoms with Gasteiger partial charge in [-0.05, 0) is 37.6 Å². The number of ether oxygens (including phenoxy) is 1. The molecule has 0 unspecified atom stereocenters. The first-order chi connectivity index (χ1) is 14.1. The van der Waals surface area contributed by atoms with Crippen molar-refractivity contribution in [3.05, 3.63) is 30.5 Å². The zero-order chi connectivity index (χ0) is 20.0. The van der Waals surface area contributed by atoms with Crippen molar-refractivity contribution in [1.29, 1.82) is 0 Å². The molecule has 2 saturated heterocycles. The molecule has 3 aromatic rings. The van der Waals surface area contributed by atoms with E-state index in [9.17, 15) is 4.79 Å². The SMILES string of the molecule is CCNC(=O)Nc1ccc(-c2nc(N3C[C@H]4C[C@@H]3CO4)c3c(cnn3C)n2)cc1. The molecule has 1 aromatic carbocycles. The molecule has 0 saturated carbocycles. The molecule has 4 heterocycles. The number of hydrogen-bond donors (Lipinski definition) is 2. The minimum Gasteiger partial charge on any atom is -0.374 e. The first kappa shape index (κ1) is 17.9. The summed E-state index contributed by atoms with van der Waals surface area (Å²) in [6, 6.07) is 7.68. The molecule has 0 radical (unpaired) electrons. The van der Waals surface area contributed by atoms with Crippen LogP contribution in [0.2, 0.25) is 0 Å². The van der Waals surface area contributed by atoms with E-state index < -0.39 is 0 Å². The predicted octanol–water partition coefficient (Wildman–Crippen LogP) is 2.15. The van der Waals surface area contributed by atoms with Crippen molar-refractivity contribution >= 4 is 28.6 Å². The maximum absolute atomic E-state index is 11.7. The van der Waals surface area contributed by atoms with Crippen molar-refractivity contribution in [3.8, 4) is 11.4 Å². The number of nitrogens with zero attached hydrogens (tertiary/aromatic N) is 5. The zero-order valence-electron chi connectivity index (χ0n) is 16.4. The molecule has 9 heteroatoms. The van der Waals surface area contributed by atoms with Gasteiger partial charge in [0.2, 0.25) is 0 Å². The smallest absolute Gasteiger partial charge is 0.319 e. The van der Waals surface area contributed by atoms with E-state index in [-0.39, 0.29) is 12.1 Å². The van der Waals surface area contributed by atoms with E-state index in [0.717, 1.165) is 47.7 Å². The molecule has 150 valence electrons. The Balaban J connectivity index is 1.50. The third-order valence-corrected chi connectivity index (χ3v) is 5.48. The minimum atomic E-state index is -0.220. The van der Waals surface area contributed by atoms with Gasteiger partial charge in [0.25, 0.3) is 0 Å². The average molecular weight is 393 g/mol. The van der Waals surface area contributed by atoms with Crippen molar-refractivity contribution < 1.29 is 9.53 Å². The number of carbonyl (C=O) groups excluding carboxylic acids is 1. The molecular formula is C20H23N7O2. The Morgan fingerprint density at radius 3 is 2.79 bits per heavy atom. The van der Waals surface area contributed by atoms with Crippen LogP contribution in [0.4, 0.5) is 16.3 Å². The summed E-state index contributed by atoms with van der Waals surface area (Å²) in [7, 11) is 1.92. The maximum Gasteiger partial charge on any atom is 0.319 e. The van der Waals surface area contributed by atoms with Crippen LogP contribution in [0.25, 0.3) is 22.4 Å². The fourth-order valence-electron chi connectivity index (χ4n) is 4.09. The number of rotatable bonds is 4. The molecular weight excluding hydrogens is 370 g/mol. The van der Waals surface area contributed by atoms with Crippen molar-refractivity contribution in [2.75, 3.05) is 29.9 Å². The molecule has 2 aliphatic rings. The van der Waals surface area contributed by atoms with Crippen LogP contribution >= 0.6 is 0 Å². The molecule has 9 nitrogen and oxygen atoms in total. The van der Waals surface area contributed by atoms with Crippen LogP contribution < -0.4 is 15.5 Å². The monoisotopic (exact) mass is 393 g/mol. The maximum atomic E-state index is 11.7. The van der Waals surface area contributed by atoms with E-state index in [0.29, 0.717) is 18.4 Å². The van der Waals surface area contributed by atoms with Gasteiger partial charge >= 0.3 is 6.03 Å². The fraction of sp³-hybridized carbons (Fsp3) is 0.400. The summed E-state index contributed by atoms with van der Waals surface area (Å²) in [6.45, 7) is 4.04. The summed E-state index contributed by atoms with van der Waals surface area (Å²) in [5, 5.41) is 9.91. The molecule has 2 atom stereocenters. The molecule has 2 aliphatic heterocycles. The first-order valence-electron chi connectivity index (χ1n) is 9.85. The lowest BCUT2D eigenvalue weighted by Crippen LogP contribution is -2.38. The average Bonchev–Trinajstić information content (AvgIpc) is 3.44. The highest BCUT2D eigenvalue weighted by atomic mass is 16.5. The third kappa shape index (κ3) is 3.17. The van der Waals surface area contributed by atoms with Crippen molar-refractivity contribution in [2.24, 2.45) is 7.05 Å². The largest absolute Gasteiger partial charge is 0.374 e. The van der Waals surface area contributed by atoms with E-state index in [4.69, 9.17) is 14.7 Å². The number of carbonyl (C=O) groups is 1. The Kier molecular flexibility index (Phi) is 4.31. The number of urea groups is 1. The number of aromatic nitrogens is 4. The van der Waals surface area contributed by atoms with Gasteiger partial charge in [-0.15, -0.1) is 0 Å². The topological polar surface area (TPSA) is 97.2 Å². The normalized spacial score (nSPS) is 20.4. The second-order valence-corrected chi connectivity index (χ2v) is 7.43. The van der Waals surface area contributed by atoms with E-state index in [1.54, 1.807) is 6.20 Å². The zero-order valence-corrected chi connectivity index (χ0v) is 16.4. The molecule has 2 amide bonds. The number of aryl methyl sites for hydroxylation is 1. The van der Waals surface area contributed by atoms with E-state index in [1.807, 2.05) is 42.9 Å². The van der Waals surface area contributed by atoms with Gasteiger partial charge in [-0.1, -0.05) is 0 Å². The van der Waals surface area contributed by atoms with Gasteiger partial charge in [0.15, 0.2) is 11.6 Å². The van der Waals surface area contributed by atoms with Gasteiger partial charge < -0.3 is 20.3 Å². The molecule has 0 aliphatic carbocycles. The lowest BCUT2D eigenvalue weighted by Gasteiger charge is -2.28. The van der Waals surface area contributed by atoms with E-state index in [1.165, 1.54) is 0 Å². The van der Waals surface area contributed by atoms with Gasteiger partial charge in [0.1, 0.15) is 11.0 Å². The summed E-state index contributed by atoms with van der Waals surface area (Å²) >= 11 is 0. The predicted molar refractivity (Wildman–Crippen MR) is 110 cm³/mol. The minimum absolute atomic E-state index is 0.220. The summed E-state index contributed by atoms with van der Waals surface area (Å²) < 4.78 is 7.59. The number of morpholine rings is 1. The van der Waals surface area contributed by atoms with Gasteiger partial charge in [-0.25, -0.2) is 14.8 Å². The lowest BCUT2D eigenvalue weighted by molar-refractivity contribution is 0.0989. The highest BCUT2D eigenvalue weighted by Gasteiger charge is 2.40. The fourth-order valence-corrected chi connectivity index (χ4v) is 4.09. The van der Waals surface area contributed by atoms with Crippen LogP contribution in [0.1, 0.15) is 13.3 Å². The molecule has 2 fully saturated rings. The second-order valence-electron chi connectivity index (χ2n) is 7.43. The van der Waals surface area contributed by atoms with Crippen LogP contribution in [-0.4, -0.2) is 57.6 Å². The van der Waals surface area contributed by atoms with E-state index >= 15 is 0 Å². The number of anilines is 2. The molecule has 2 aromatic heterocycles. The van der Waals surface area contributed by atoms with Gasteiger partial charge in [0.05, 0.1) is 24.9 Å². The standard InChI is InChI=1S/C20H23N7O2/c1-3-21-20(28)23-13-6-4-12(5-7-13)18-24-16-9-22-26(2)17(16)19(25-18)27-10-15-8-14(27)11-29-15/h4-7,9,14-15H,3,8,10-11H2,1-2H3,(H2,21,23,28)/t14-,15-/m1/s1. The highest BCUT2D eigenvalue weighted by molar-refractivity contribution is 5.90. The molecule has 0 spiro atoms. The first-order valence-corrected chi connectivity index (χ1v) is 9.85. The van der Waals surface area contributed by atoms with Crippen LogP contribution in [0.3, 0.4) is 0 Å². The number of fused-ring (bicyclic) bond motifs is 3. The Morgan fingerprint density at radius 1 is 1.28 bits per heavy atom. The van der Waals surface area contributed by atoms with Crippen molar-refractivity contribution in [2.45, 2.75) is 25.5 Å². The molecule has 2 N–H and O–H groups in total. The second kappa shape index (κ2) is 7.00. The number of hydrogen-bond acceptors (Lipinski definition) is 6. The number of amides is 2. The van der Waals surface area contributed by atoms with Crippen molar-refractivity contribution in [3.63, 3.8) is 0 Å². The van der Waals surface area contributed by atoms with Crippen LogP contribution in [0.5, 0.6) is 0 Å². The third-order valence-electron chi connectivity index (χ3n) is 5.48. The molecule has 5 rings (SSSR count). The number of nitrogens with one attached hydrogen (secondary N) is 2. The summed E-state index contributed by atoms with van der Waals surface area (Å²) in [5.74, 6) is 1.55. The molecule has 2 bridgehead atoms. The Hall–Kier alpha value is -3.20. The molecule has 29 heavy (non-hydrogen) atoms. The Bertz CT molecular complexity index is 1060. The lowest BCUT2D eigenvalue weighted by atomic mass is 10.2. The van der Waals surface area contributed by atoms with Crippen LogP contribution in [0.15, 0.2) is 30.5 Å².